The molecular weight excluding hydrogens is 352 g/mol. The van der Waals surface area contributed by atoms with Crippen molar-refractivity contribution in [3.05, 3.63) is 64.4 Å². The van der Waals surface area contributed by atoms with Gasteiger partial charge in [0.1, 0.15) is 17.1 Å². The highest BCUT2D eigenvalue weighted by Gasteiger charge is 2.20. The van der Waals surface area contributed by atoms with E-state index in [-0.39, 0.29) is 18.4 Å². The summed E-state index contributed by atoms with van der Waals surface area (Å²) in [6, 6.07) is 12.4. The van der Waals surface area contributed by atoms with Crippen LogP contribution in [-0.2, 0) is 11.2 Å². The van der Waals surface area contributed by atoms with Crippen LogP contribution in [0.1, 0.15) is 67.5 Å². The standard InChI is InChI=1S/C24H28O4/c1-14(2)19-10-17(11-20(15(3)4)24(19)27-13-23(25)26)12-21-16(5)28-22-9-7-6-8-18(21)22/h6-11,14-15H,12-13H2,1-5H3,(H,25,26). The molecule has 0 saturated carbocycles. The lowest BCUT2D eigenvalue weighted by Gasteiger charge is -2.21. The van der Waals surface area contributed by atoms with E-state index in [1.165, 1.54) is 11.1 Å². The molecule has 0 aliphatic carbocycles. The molecule has 0 saturated heterocycles. The third-order valence-electron chi connectivity index (χ3n) is 5.07. The molecule has 148 valence electrons. The zero-order valence-electron chi connectivity index (χ0n) is 17.2. The second-order valence-corrected chi connectivity index (χ2v) is 7.90. The van der Waals surface area contributed by atoms with E-state index in [4.69, 9.17) is 14.3 Å². The van der Waals surface area contributed by atoms with Gasteiger partial charge >= 0.3 is 5.97 Å². The minimum Gasteiger partial charge on any atom is -0.481 e. The van der Waals surface area contributed by atoms with Gasteiger partial charge in [-0.05, 0) is 41.5 Å². The van der Waals surface area contributed by atoms with Crippen molar-refractivity contribution < 1.29 is 19.1 Å². The van der Waals surface area contributed by atoms with Crippen molar-refractivity contribution >= 4 is 16.9 Å². The first-order valence-corrected chi connectivity index (χ1v) is 9.76. The molecule has 0 unspecified atom stereocenters. The van der Waals surface area contributed by atoms with Gasteiger partial charge in [-0.3, -0.25) is 0 Å². The van der Waals surface area contributed by atoms with Gasteiger partial charge in [-0.1, -0.05) is 58.0 Å². The van der Waals surface area contributed by atoms with Gasteiger partial charge in [0, 0.05) is 17.4 Å². The monoisotopic (exact) mass is 380 g/mol. The molecule has 0 aliphatic heterocycles. The molecular formula is C24H28O4. The summed E-state index contributed by atoms with van der Waals surface area (Å²) in [6.45, 7) is 10.1. The van der Waals surface area contributed by atoms with Crippen molar-refractivity contribution in [2.75, 3.05) is 6.61 Å². The van der Waals surface area contributed by atoms with Crippen LogP contribution in [0.5, 0.6) is 5.75 Å². The van der Waals surface area contributed by atoms with Crippen LogP contribution < -0.4 is 4.74 Å². The number of aliphatic carboxylic acids is 1. The van der Waals surface area contributed by atoms with Gasteiger partial charge in [0.05, 0.1) is 0 Å². The molecule has 1 heterocycles. The van der Waals surface area contributed by atoms with Crippen LogP contribution in [0.15, 0.2) is 40.8 Å². The molecule has 3 rings (SSSR count). The van der Waals surface area contributed by atoms with Crippen LogP contribution in [0, 0.1) is 6.92 Å². The SMILES string of the molecule is Cc1oc2ccccc2c1Cc1cc(C(C)C)c(OCC(=O)O)c(C(C)C)c1. The molecule has 1 aromatic heterocycles. The van der Waals surface area contributed by atoms with E-state index in [1.807, 2.05) is 25.1 Å². The number of para-hydroxylation sites is 1. The highest BCUT2D eigenvalue weighted by atomic mass is 16.5. The van der Waals surface area contributed by atoms with E-state index >= 15 is 0 Å². The quantitative estimate of drug-likeness (QED) is 0.543. The first kappa shape index (κ1) is 20.0. The van der Waals surface area contributed by atoms with Crippen molar-refractivity contribution in [2.45, 2.75) is 52.9 Å². The van der Waals surface area contributed by atoms with Crippen LogP contribution in [0.4, 0.5) is 0 Å². The average Bonchev–Trinajstić information content (AvgIpc) is 2.95. The Morgan fingerprint density at radius 3 is 2.25 bits per heavy atom. The number of hydrogen-bond donors (Lipinski definition) is 1. The van der Waals surface area contributed by atoms with Gasteiger partial charge in [0.2, 0.25) is 0 Å². The van der Waals surface area contributed by atoms with Crippen LogP contribution in [0.2, 0.25) is 0 Å². The molecule has 28 heavy (non-hydrogen) atoms. The number of fused-ring (bicyclic) bond motifs is 1. The Morgan fingerprint density at radius 1 is 1.07 bits per heavy atom. The minimum absolute atomic E-state index is 0.225. The maximum atomic E-state index is 11.0. The van der Waals surface area contributed by atoms with E-state index in [0.29, 0.717) is 5.75 Å². The smallest absolute Gasteiger partial charge is 0.341 e. The fourth-order valence-corrected chi connectivity index (χ4v) is 3.64. The summed E-state index contributed by atoms with van der Waals surface area (Å²) in [4.78, 5) is 11.0. The summed E-state index contributed by atoms with van der Waals surface area (Å²) in [6.07, 6.45) is 0.765. The Kier molecular flexibility index (Phi) is 5.78. The number of benzene rings is 2. The molecule has 0 amide bonds. The predicted molar refractivity (Wildman–Crippen MR) is 112 cm³/mol. The Hall–Kier alpha value is -2.75. The highest BCUT2D eigenvalue weighted by molar-refractivity contribution is 5.82. The first-order chi connectivity index (χ1) is 13.3. The van der Waals surface area contributed by atoms with Crippen LogP contribution in [0.25, 0.3) is 11.0 Å². The lowest BCUT2D eigenvalue weighted by Crippen LogP contribution is -2.13. The number of carboxylic acid groups (broad SMARTS) is 1. The molecule has 0 aliphatic rings. The Labute approximate surface area is 166 Å². The fourth-order valence-electron chi connectivity index (χ4n) is 3.64. The van der Waals surface area contributed by atoms with Crippen molar-refractivity contribution in [2.24, 2.45) is 0 Å². The summed E-state index contributed by atoms with van der Waals surface area (Å²) in [7, 11) is 0. The van der Waals surface area contributed by atoms with Gasteiger partial charge in [-0.2, -0.15) is 0 Å². The molecule has 1 N–H and O–H groups in total. The maximum absolute atomic E-state index is 11.0. The molecule has 4 nitrogen and oxygen atoms in total. The van der Waals surface area contributed by atoms with Gasteiger partial charge < -0.3 is 14.3 Å². The maximum Gasteiger partial charge on any atom is 0.341 e. The van der Waals surface area contributed by atoms with Crippen molar-refractivity contribution in [1.82, 2.24) is 0 Å². The van der Waals surface area contributed by atoms with Crippen molar-refractivity contribution in [3.63, 3.8) is 0 Å². The van der Waals surface area contributed by atoms with E-state index in [0.717, 1.165) is 34.3 Å². The number of hydrogen-bond acceptors (Lipinski definition) is 3. The number of furan rings is 1. The minimum atomic E-state index is -0.964. The summed E-state index contributed by atoms with van der Waals surface area (Å²) < 4.78 is 11.6. The summed E-state index contributed by atoms with van der Waals surface area (Å²) in [5.74, 6) is 1.13. The van der Waals surface area contributed by atoms with Crippen LogP contribution >= 0.6 is 0 Å². The van der Waals surface area contributed by atoms with Crippen LogP contribution in [-0.4, -0.2) is 17.7 Å². The second-order valence-electron chi connectivity index (χ2n) is 7.90. The topological polar surface area (TPSA) is 59.7 Å². The van der Waals surface area contributed by atoms with Crippen molar-refractivity contribution in [3.8, 4) is 5.75 Å². The number of aryl methyl sites for hydroxylation is 1. The third-order valence-corrected chi connectivity index (χ3v) is 5.07. The van der Waals surface area contributed by atoms with Crippen LogP contribution in [0.3, 0.4) is 0 Å². The molecule has 0 radical (unpaired) electrons. The molecule has 0 spiro atoms. The largest absolute Gasteiger partial charge is 0.481 e. The average molecular weight is 380 g/mol. The number of ether oxygens (including phenoxy) is 1. The molecule has 2 aromatic carbocycles. The summed E-state index contributed by atoms with van der Waals surface area (Å²) in [5, 5.41) is 10.2. The summed E-state index contributed by atoms with van der Waals surface area (Å²) in [5.41, 5.74) is 5.38. The first-order valence-electron chi connectivity index (χ1n) is 9.76. The fraction of sp³-hybridized carbons (Fsp3) is 0.375. The van der Waals surface area contributed by atoms with Gasteiger partial charge in [0.15, 0.2) is 6.61 Å². The zero-order valence-corrected chi connectivity index (χ0v) is 17.2. The molecule has 0 atom stereocenters. The zero-order chi connectivity index (χ0) is 20.4. The van der Waals surface area contributed by atoms with E-state index in [9.17, 15) is 4.79 Å². The lowest BCUT2D eigenvalue weighted by molar-refractivity contribution is -0.139. The molecule has 4 heteroatoms. The Bertz CT molecular complexity index is 966. The predicted octanol–water partition coefficient (Wildman–Crippen LogP) is 6.04. The number of rotatable bonds is 7. The summed E-state index contributed by atoms with van der Waals surface area (Å²) >= 11 is 0. The van der Waals surface area contributed by atoms with Gasteiger partial charge in [-0.25, -0.2) is 4.79 Å². The molecule has 0 fully saturated rings. The lowest BCUT2D eigenvalue weighted by atomic mass is 9.89. The number of carbonyl (C=O) groups is 1. The highest BCUT2D eigenvalue weighted by Crippen LogP contribution is 2.37. The Morgan fingerprint density at radius 2 is 1.68 bits per heavy atom. The van der Waals surface area contributed by atoms with Gasteiger partial charge in [0.25, 0.3) is 0 Å². The molecule has 3 aromatic rings. The Balaban J connectivity index is 2.08. The third kappa shape index (κ3) is 4.06. The van der Waals surface area contributed by atoms with E-state index in [1.54, 1.807) is 0 Å². The number of carboxylic acids is 1. The van der Waals surface area contributed by atoms with E-state index in [2.05, 4.69) is 45.9 Å². The molecule has 0 bridgehead atoms. The normalized spacial score (nSPS) is 11.5. The van der Waals surface area contributed by atoms with Gasteiger partial charge in [-0.15, -0.1) is 0 Å². The van der Waals surface area contributed by atoms with Crippen molar-refractivity contribution in [1.29, 1.82) is 0 Å². The second kappa shape index (κ2) is 8.09. The van der Waals surface area contributed by atoms with E-state index < -0.39 is 5.97 Å².